The van der Waals surface area contributed by atoms with E-state index in [0.717, 1.165) is 36.4 Å². The molecule has 0 saturated carbocycles. The summed E-state index contributed by atoms with van der Waals surface area (Å²) in [6, 6.07) is 8.75. The van der Waals surface area contributed by atoms with E-state index in [1.54, 1.807) is 0 Å². The van der Waals surface area contributed by atoms with E-state index in [0.29, 0.717) is 6.04 Å². The highest BCUT2D eigenvalue weighted by Gasteiger charge is 2.37. The summed E-state index contributed by atoms with van der Waals surface area (Å²) in [5.41, 5.74) is 8.69. The summed E-state index contributed by atoms with van der Waals surface area (Å²) < 4.78 is 5.98. The van der Waals surface area contributed by atoms with Crippen LogP contribution in [-0.2, 0) is 0 Å². The van der Waals surface area contributed by atoms with Crippen LogP contribution < -0.4 is 5.73 Å². The van der Waals surface area contributed by atoms with Crippen LogP contribution in [0.2, 0.25) is 0 Å². The molecule has 4 nitrogen and oxygen atoms in total. The molecule has 2 unspecified atom stereocenters. The van der Waals surface area contributed by atoms with Crippen LogP contribution in [-0.4, -0.2) is 48.6 Å². The number of furan rings is 1. The van der Waals surface area contributed by atoms with Crippen LogP contribution in [0.1, 0.15) is 17.4 Å². The molecule has 0 amide bonds. The van der Waals surface area contributed by atoms with Crippen molar-refractivity contribution >= 4 is 11.0 Å². The minimum absolute atomic E-state index is 0.0363. The van der Waals surface area contributed by atoms with E-state index in [2.05, 4.69) is 34.9 Å². The summed E-state index contributed by atoms with van der Waals surface area (Å²) in [5, 5.41) is 1.16. The Kier molecular flexibility index (Phi) is 2.84. The monoisotopic (exact) mass is 271 g/mol. The molecule has 0 radical (unpaired) electrons. The molecule has 4 heterocycles. The Balaban J connectivity index is 1.64. The van der Waals surface area contributed by atoms with Crippen LogP contribution >= 0.6 is 0 Å². The third-order valence-corrected chi connectivity index (χ3v) is 4.76. The number of piperazine rings is 3. The minimum atomic E-state index is -0.0363. The third kappa shape index (κ3) is 1.95. The molecular weight excluding hydrogens is 250 g/mol. The second kappa shape index (κ2) is 4.58. The number of hydrogen-bond acceptors (Lipinski definition) is 4. The van der Waals surface area contributed by atoms with Crippen molar-refractivity contribution in [2.45, 2.75) is 19.0 Å². The maximum Gasteiger partial charge on any atom is 0.134 e. The fourth-order valence-electron chi connectivity index (χ4n) is 3.54. The normalized spacial score (nSPS) is 30.8. The first-order chi connectivity index (χ1) is 9.70. The summed E-state index contributed by atoms with van der Waals surface area (Å²) in [5.74, 6) is 0.921. The highest BCUT2D eigenvalue weighted by molar-refractivity contribution is 5.78. The molecule has 2 bridgehead atoms. The Bertz CT molecular complexity index is 628. The minimum Gasteiger partial charge on any atom is -0.459 e. The SMILES string of the molecule is Cc1ccc2oc(C(N)C3CN4CCN3CC4)cc2c1. The van der Waals surface area contributed by atoms with Gasteiger partial charge in [-0.05, 0) is 25.1 Å². The highest BCUT2D eigenvalue weighted by atomic mass is 16.3. The van der Waals surface area contributed by atoms with Gasteiger partial charge in [0.2, 0.25) is 0 Å². The molecule has 5 rings (SSSR count). The van der Waals surface area contributed by atoms with Crippen molar-refractivity contribution in [2.24, 2.45) is 5.73 Å². The number of nitrogens with zero attached hydrogens (tertiary/aromatic N) is 2. The zero-order chi connectivity index (χ0) is 13.7. The van der Waals surface area contributed by atoms with Crippen molar-refractivity contribution in [1.29, 1.82) is 0 Å². The van der Waals surface area contributed by atoms with Gasteiger partial charge in [-0.1, -0.05) is 11.6 Å². The average molecular weight is 271 g/mol. The van der Waals surface area contributed by atoms with Gasteiger partial charge in [-0.3, -0.25) is 9.80 Å². The molecule has 1 aromatic heterocycles. The standard InChI is InChI=1S/C16H21N3O/c1-11-2-3-14-12(8-11)9-15(20-14)16(17)13-10-18-4-6-19(13)7-5-18/h2-3,8-9,13,16H,4-7,10,17H2,1H3. The lowest BCUT2D eigenvalue weighted by molar-refractivity contribution is -0.000430. The maximum atomic E-state index is 6.50. The Morgan fingerprint density at radius 1 is 1.20 bits per heavy atom. The average Bonchev–Trinajstić information content (AvgIpc) is 2.90. The fraction of sp³-hybridized carbons (Fsp3) is 0.500. The topological polar surface area (TPSA) is 45.6 Å². The van der Waals surface area contributed by atoms with E-state index in [-0.39, 0.29) is 6.04 Å². The lowest BCUT2D eigenvalue weighted by atomic mass is 9.99. The maximum absolute atomic E-state index is 6.50. The van der Waals surface area contributed by atoms with Crippen molar-refractivity contribution in [3.8, 4) is 0 Å². The van der Waals surface area contributed by atoms with Crippen molar-refractivity contribution < 1.29 is 4.42 Å². The van der Waals surface area contributed by atoms with E-state index < -0.39 is 0 Å². The highest BCUT2D eigenvalue weighted by Crippen LogP contribution is 2.29. The van der Waals surface area contributed by atoms with Crippen molar-refractivity contribution in [2.75, 3.05) is 32.7 Å². The first kappa shape index (κ1) is 12.4. The zero-order valence-electron chi connectivity index (χ0n) is 11.9. The number of nitrogens with two attached hydrogens (primary N) is 1. The summed E-state index contributed by atoms with van der Waals surface area (Å²) in [7, 11) is 0. The lowest BCUT2D eigenvalue weighted by Crippen LogP contribution is -2.63. The Morgan fingerprint density at radius 3 is 2.70 bits per heavy atom. The molecule has 2 aromatic rings. The Hall–Kier alpha value is -1.36. The molecule has 3 fully saturated rings. The van der Waals surface area contributed by atoms with E-state index in [1.165, 1.54) is 18.7 Å². The molecule has 0 spiro atoms. The van der Waals surface area contributed by atoms with Gasteiger partial charge < -0.3 is 10.2 Å². The molecule has 3 saturated heterocycles. The Morgan fingerprint density at radius 2 is 2.00 bits per heavy atom. The predicted octanol–water partition coefficient (Wildman–Crippen LogP) is 1.74. The van der Waals surface area contributed by atoms with Gasteiger partial charge in [0.15, 0.2) is 0 Å². The number of fused-ring (bicyclic) bond motifs is 4. The van der Waals surface area contributed by atoms with E-state index in [4.69, 9.17) is 10.2 Å². The summed E-state index contributed by atoms with van der Waals surface area (Å²) in [6.45, 7) is 7.81. The van der Waals surface area contributed by atoms with Gasteiger partial charge in [0.1, 0.15) is 11.3 Å². The summed E-state index contributed by atoms with van der Waals surface area (Å²) >= 11 is 0. The van der Waals surface area contributed by atoms with E-state index >= 15 is 0 Å². The van der Waals surface area contributed by atoms with Gasteiger partial charge in [0.05, 0.1) is 6.04 Å². The molecule has 2 atom stereocenters. The van der Waals surface area contributed by atoms with Crippen LogP contribution in [0.3, 0.4) is 0 Å². The van der Waals surface area contributed by atoms with Gasteiger partial charge in [-0.2, -0.15) is 0 Å². The van der Waals surface area contributed by atoms with Crippen LogP contribution in [0.15, 0.2) is 28.7 Å². The summed E-state index contributed by atoms with van der Waals surface area (Å²) in [4.78, 5) is 5.03. The van der Waals surface area contributed by atoms with Crippen molar-refractivity contribution in [3.63, 3.8) is 0 Å². The molecule has 3 aliphatic rings. The molecule has 1 aromatic carbocycles. The van der Waals surface area contributed by atoms with Crippen molar-refractivity contribution in [1.82, 2.24) is 9.80 Å². The quantitative estimate of drug-likeness (QED) is 0.904. The molecule has 106 valence electrons. The van der Waals surface area contributed by atoms with Crippen molar-refractivity contribution in [3.05, 3.63) is 35.6 Å². The lowest BCUT2D eigenvalue weighted by Gasteiger charge is -2.49. The third-order valence-electron chi connectivity index (χ3n) is 4.76. The van der Waals surface area contributed by atoms with Gasteiger partial charge in [-0.25, -0.2) is 0 Å². The first-order valence-corrected chi connectivity index (χ1v) is 7.43. The molecule has 3 aliphatic heterocycles. The number of benzene rings is 1. The van der Waals surface area contributed by atoms with Gasteiger partial charge in [0, 0.05) is 44.2 Å². The van der Waals surface area contributed by atoms with Crippen LogP contribution in [0.4, 0.5) is 0 Å². The molecule has 0 aliphatic carbocycles. The predicted molar refractivity (Wildman–Crippen MR) is 79.7 cm³/mol. The number of aryl methyl sites for hydroxylation is 1. The summed E-state index contributed by atoms with van der Waals surface area (Å²) in [6.07, 6.45) is 0. The van der Waals surface area contributed by atoms with Gasteiger partial charge in [0.25, 0.3) is 0 Å². The Labute approximate surface area is 119 Å². The smallest absolute Gasteiger partial charge is 0.134 e. The second-order valence-electron chi connectivity index (χ2n) is 6.12. The van der Waals surface area contributed by atoms with Crippen LogP contribution in [0.25, 0.3) is 11.0 Å². The second-order valence-corrected chi connectivity index (χ2v) is 6.12. The zero-order valence-corrected chi connectivity index (χ0v) is 11.9. The molecule has 2 N–H and O–H groups in total. The fourth-order valence-corrected chi connectivity index (χ4v) is 3.54. The molecular formula is C16H21N3O. The number of hydrogen-bond donors (Lipinski definition) is 1. The molecule has 20 heavy (non-hydrogen) atoms. The van der Waals surface area contributed by atoms with Crippen LogP contribution in [0.5, 0.6) is 0 Å². The van der Waals surface area contributed by atoms with Crippen LogP contribution in [0, 0.1) is 6.92 Å². The van der Waals surface area contributed by atoms with E-state index in [9.17, 15) is 0 Å². The largest absolute Gasteiger partial charge is 0.459 e. The number of rotatable bonds is 2. The molecule has 4 heteroatoms. The van der Waals surface area contributed by atoms with E-state index in [1.807, 2.05) is 6.07 Å². The first-order valence-electron chi connectivity index (χ1n) is 7.43. The van der Waals surface area contributed by atoms with Gasteiger partial charge in [-0.15, -0.1) is 0 Å². The van der Waals surface area contributed by atoms with Gasteiger partial charge >= 0.3 is 0 Å².